The minimum absolute atomic E-state index is 0.326. The third kappa shape index (κ3) is 2.39. The third-order valence-electron chi connectivity index (χ3n) is 1.57. The number of benzene rings is 1. The molecule has 2 N–H and O–H groups in total. The van der Waals surface area contributed by atoms with Crippen LogP contribution < -0.4 is 5.73 Å². The Kier molecular flexibility index (Phi) is 3.77. The minimum atomic E-state index is -0.423. The first kappa shape index (κ1) is 11.3. The van der Waals surface area contributed by atoms with Gasteiger partial charge in [-0.25, -0.2) is 4.79 Å². The van der Waals surface area contributed by atoms with E-state index in [9.17, 15) is 4.79 Å². The number of esters is 1. The first-order chi connectivity index (χ1) is 6.56. The molecule has 1 aromatic rings. The lowest BCUT2D eigenvalue weighted by molar-refractivity contribution is 0.0526. The van der Waals surface area contributed by atoms with Gasteiger partial charge in [-0.2, -0.15) is 0 Å². The van der Waals surface area contributed by atoms with E-state index in [1.807, 2.05) is 0 Å². The van der Waals surface area contributed by atoms with E-state index in [0.717, 1.165) is 0 Å². The van der Waals surface area contributed by atoms with Crippen molar-refractivity contribution in [2.24, 2.45) is 0 Å². The molecule has 14 heavy (non-hydrogen) atoms. The van der Waals surface area contributed by atoms with Crippen LogP contribution in [0.25, 0.3) is 0 Å². The second-order valence-corrected chi connectivity index (χ2v) is 3.78. The van der Waals surface area contributed by atoms with Gasteiger partial charge in [0, 0.05) is 5.69 Å². The van der Waals surface area contributed by atoms with E-state index >= 15 is 0 Å². The number of hydrogen-bond donors (Lipinski definition) is 1. The van der Waals surface area contributed by atoms with E-state index in [-0.39, 0.29) is 0 Å². The van der Waals surface area contributed by atoms with E-state index in [4.69, 9.17) is 22.1 Å². The van der Waals surface area contributed by atoms with Crippen molar-refractivity contribution in [1.82, 2.24) is 0 Å². The highest BCUT2D eigenvalue weighted by atomic mass is 79.9. The predicted molar refractivity (Wildman–Crippen MR) is 59.5 cm³/mol. The van der Waals surface area contributed by atoms with E-state index in [2.05, 4.69) is 15.9 Å². The quantitative estimate of drug-likeness (QED) is 0.668. The smallest absolute Gasteiger partial charge is 0.338 e. The zero-order valence-electron chi connectivity index (χ0n) is 7.51. The van der Waals surface area contributed by atoms with Crippen LogP contribution in [-0.2, 0) is 4.74 Å². The van der Waals surface area contributed by atoms with Gasteiger partial charge in [-0.05, 0) is 35.0 Å². The zero-order valence-corrected chi connectivity index (χ0v) is 9.85. The molecule has 0 radical (unpaired) electrons. The predicted octanol–water partition coefficient (Wildman–Crippen LogP) is 2.86. The first-order valence-corrected chi connectivity index (χ1v) is 5.15. The number of ether oxygens (including phenoxy) is 1. The Labute approximate surface area is 95.3 Å². The third-order valence-corrected chi connectivity index (χ3v) is 2.98. The number of halogens is 2. The van der Waals surface area contributed by atoms with Gasteiger partial charge in [-0.1, -0.05) is 11.6 Å². The van der Waals surface area contributed by atoms with Crippen LogP contribution in [0.1, 0.15) is 17.3 Å². The van der Waals surface area contributed by atoms with E-state index in [0.29, 0.717) is 27.4 Å². The summed E-state index contributed by atoms with van der Waals surface area (Å²) in [6.45, 7) is 2.06. The van der Waals surface area contributed by atoms with Crippen LogP contribution >= 0.6 is 27.5 Å². The van der Waals surface area contributed by atoms with Crippen molar-refractivity contribution in [3.8, 4) is 0 Å². The van der Waals surface area contributed by atoms with Gasteiger partial charge in [-0.3, -0.25) is 0 Å². The first-order valence-electron chi connectivity index (χ1n) is 3.98. The number of hydrogen-bond acceptors (Lipinski definition) is 3. The molecule has 0 fully saturated rings. The van der Waals surface area contributed by atoms with E-state index < -0.39 is 5.97 Å². The molecular weight excluding hydrogens is 269 g/mol. The summed E-state index contributed by atoms with van der Waals surface area (Å²) in [5.74, 6) is -0.423. The zero-order chi connectivity index (χ0) is 10.7. The van der Waals surface area contributed by atoms with Crippen LogP contribution in [0.3, 0.4) is 0 Å². The highest BCUT2D eigenvalue weighted by Crippen LogP contribution is 2.29. The molecule has 5 heteroatoms. The van der Waals surface area contributed by atoms with Gasteiger partial charge in [-0.15, -0.1) is 0 Å². The number of carbonyl (C=O) groups is 1. The maximum Gasteiger partial charge on any atom is 0.338 e. The molecule has 0 aliphatic carbocycles. The van der Waals surface area contributed by atoms with Gasteiger partial charge < -0.3 is 10.5 Å². The fraction of sp³-hybridized carbons (Fsp3) is 0.222. The van der Waals surface area contributed by atoms with E-state index in [1.165, 1.54) is 12.1 Å². The van der Waals surface area contributed by atoms with Gasteiger partial charge >= 0.3 is 5.97 Å². The minimum Gasteiger partial charge on any atom is -0.462 e. The standard InChI is InChI=1S/C9H9BrClNO2/c1-2-14-9(13)5-3-6(11)8(10)7(12)4-5/h3-4H,2,12H2,1H3. The van der Waals surface area contributed by atoms with Crippen molar-refractivity contribution in [2.75, 3.05) is 12.3 Å². The lowest BCUT2D eigenvalue weighted by Gasteiger charge is -2.05. The number of anilines is 1. The Morgan fingerprint density at radius 3 is 2.79 bits per heavy atom. The van der Waals surface area contributed by atoms with Gasteiger partial charge in [0.1, 0.15) is 0 Å². The molecule has 0 heterocycles. The molecule has 0 spiro atoms. The Morgan fingerprint density at radius 2 is 2.29 bits per heavy atom. The van der Waals surface area contributed by atoms with Crippen LogP contribution in [0.15, 0.2) is 16.6 Å². The van der Waals surface area contributed by atoms with Crippen molar-refractivity contribution < 1.29 is 9.53 Å². The van der Waals surface area contributed by atoms with Crippen molar-refractivity contribution in [1.29, 1.82) is 0 Å². The molecule has 0 atom stereocenters. The summed E-state index contributed by atoms with van der Waals surface area (Å²) in [4.78, 5) is 11.3. The molecule has 3 nitrogen and oxygen atoms in total. The summed E-state index contributed by atoms with van der Waals surface area (Å²) in [7, 11) is 0. The maximum atomic E-state index is 11.3. The molecule has 0 unspecified atom stereocenters. The van der Waals surface area contributed by atoms with Crippen LogP contribution in [-0.4, -0.2) is 12.6 Å². The molecule has 0 saturated carbocycles. The molecule has 0 aromatic heterocycles. The highest BCUT2D eigenvalue weighted by Gasteiger charge is 2.11. The monoisotopic (exact) mass is 277 g/mol. The normalized spacial score (nSPS) is 9.93. The second-order valence-electron chi connectivity index (χ2n) is 2.58. The average molecular weight is 279 g/mol. The molecule has 0 amide bonds. The Hall–Kier alpha value is -0.740. The molecule has 0 saturated heterocycles. The summed E-state index contributed by atoms with van der Waals surface area (Å²) in [5.41, 5.74) is 6.39. The largest absolute Gasteiger partial charge is 0.462 e. The molecule has 0 aliphatic rings. The van der Waals surface area contributed by atoms with Gasteiger partial charge in [0.15, 0.2) is 0 Å². The van der Waals surface area contributed by atoms with Crippen molar-refractivity contribution >= 4 is 39.2 Å². The van der Waals surface area contributed by atoms with Crippen molar-refractivity contribution in [3.05, 3.63) is 27.2 Å². The summed E-state index contributed by atoms with van der Waals surface area (Å²) >= 11 is 9.02. The lowest BCUT2D eigenvalue weighted by Crippen LogP contribution is -2.05. The van der Waals surface area contributed by atoms with Gasteiger partial charge in [0.05, 0.1) is 21.7 Å². The number of nitrogen functional groups attached to an aromatic ring is 1. The highest BCUT2D eigenvalue weighted by molar-refractivity contribution is 9.10. The average Bonchev–Trinajstić information content (AvgIpc) is 2.13. The van der Waals surface area contributed by atoms with E-state index in [1.54, 1.807) is 6.92 Å². The molecule has 0 aliphatic heterocycles. The summed E-state index contributed by atoms with van der Waals surface area (Å²) in [5, 5.41) is 0.396. The number of carbonyl (C=O) groups excluding carboxylic acids is 1. The van der Waals surface area contributed by atoms with Crippen molar-refractivity contribution in [3.63, 3.8) is 0 Å². The molecular formula is C9H9BrClNO2. The topological polar surface area (TPSA) is 52.3 Å². The number of rotatable bonds is 2. The van der Waals surface area contributed by atoms with Gasteiger partial charge in [0.25, 0.3) is 0 Å². The fourth-order valence-electron chi connectivity index (χ4n) is 0.943. The summed E-state index contributed by atoms with van der Waals surface area (Å²) in [6.07, 6.45) is 0. The Balaban J connectivity index is 3.06. The maximum absolute atomic E-state index is 11.3. The second kappa shape index (κ2) is 4.66. The SMILES string of the molecule is CCOC(=O)c1cc(N)c(Br)c(Cl)c1. The summed E-state index contributed by atoms with van der Waals surface area (Å²) < 4.78 is 5.40. The van der Waals surface area contributed by atoms with Crippen LogP contribution in [0.4, 0.5) is 5.69 Å². The van der Waals surface area contributed by atoms with Crippen LogP contribution in [0.5, 0.6) is 0 Å². The Bertz CT molecular complexity index is 345. The fourth-order valence-corrected chi connectivity index (χ4v) is 1.40. The van der Waals surface area contributed by atoms with Gasteiger partial charge in [0.2, 0.25) is 0 Å². The van der Waals surface area contributed by atoms with Crippen LogP contribution in [0.2, 0.25) is 5.02 Å². The van der Waals surface area contributed by atoms with Crippen LogP contribution in [0, 0.1) is 0 Å². The van der Waals surface area contributed by atoms with Crippen molar-refractivity contribution in [2.45, 2.75) is 6.92 Å². The molecule has 1 rings (SSSR count). The Morgan fingerprint density at radius 1 is 1.64 bits per heavy atom. The number of nitrogens with two attached hydrogens (primary N) is 1. The molecule has 1 aromatic carbocycles. The summed E-state index contributed by atoms with van der Waals surface area (Å²) in [6, 6.07) is 3.04. The lowest BCUT2D eigenvalue weighted by atomic mass is 10.2. The molecule has 76 valence electrons. The molecule has 0 bridgehead atoms.